The molecule has 4 rings (SSSR count). The summed E-state index contributed by atoms with van der Waals surface area (Å²) in [4.78, 5) is 8.00. The van der Waals surface area contributed by atoms with E-state index in [9.17, 15) is 0 Å². The largest absolute Gasteiger partial charge is 0.508 e. The standard InChI is InChI=1S/C15H24O.C11H16O.C10H14O.C2H4O.CH2O/c1-2-3-4-5-6-7-8-9-14-10-12-15(16)13-11-14;1-4-11(2,3)9-5-7-10(12)8-6-9;1-10(2,3)8-4-6-9(11)7-5-8;1-2-3-1;1-2/h10-13,16H,2-9H2,1H3;5-8,12H,4H2,1-3H3;4-7,11H,1-3H3;1-2H2;1H2. The molecule has 246 valence electrons. The molecule has 0 aliphatic carbocycles. The second-order valence-corrected chi connectivity index (χ2v) is 12.7. The van der Waals surface area contributed by atoms with E-state index in [2.05, 4.69) is 53.2 Å². The number of aromatic hydroxyl groups is 3. The van der Waals surface area contributed by atoms with Gasteiger partial charge in [-0.05, 0) is 83.2 Å². The van der Waals surface area contributed by atoms with E-state index in [1.54, 1.807) is 36.4 Å². The molecule has 0 unspecified atom stereocenters. The minimum atomic E-state index is 0.174. The maximum atomic E-state index is 9.15. The number of ether oxygens (including phenoxy) is 1. The van der Waals surface area contributed by atoms with Crippen molar-refractivity contribution in [2.45, 2.75) is 117 Å². The molecule has 0 atom stereocenters. The average molecular weight is 609 g/mol. The molecule has 1 fully saturated rings. The van der Waals surface area contributed by atoms with Crippen LogP contribution in [0.1, 0.15) is 117 Å². The van der Waals surface area contributed by atoms with Crippen molar-refractivity contribution in [3.63, 3.8) is 0 Å². The SMILES string of the molecule is C1CO1.C=O.CC(C)(C)c1ccc(O)cc1.CCC(C)(C)c1ccc(O)cc1.CCCCCCCCCc1ccc(O)cc1. The summed E-state index contributed by atoms with van der Waals surface area (Å²) in [7, 11) is 0. The number of rotatable bonds is 10. The van der Waals surface area contributed by atoms with Crippen LogP contribution in [0.5, 0.6) is 17.2 Å². The molecule has 0 radical (unpaired) electrons. The summed E-state index contributed by atoms with van der Waals surface area (Å²) >= 11 is 0. The van der Waals surface area contributed by atoms with Crippen molar-refractivity contribution < 1.29 is 24.9 Å². The minimum Gasteiger partial charge on any atom is -0.508 e. The number of phenolic OH excluding ortho intramolecular Hbond substituents is 3. The van der Waals surface area contributed by atoms with Crippen molar-refractivity contribution in [2.75, 3.05) is 13.2 Å². The Morgan fingerprint density at radius 2 is 0.955 bits per heavy atom. The van der Waals surface area contributed by atoms with Crippen molar-refractivity contribution in [1.29, 1.82) is 0 Å². The van der Waals surface area contributed by atoms with Crippen molar-refractivity contribution in [1.82, 2.24) is 0 Å². The van der Waals surface area contributed by atoms with Gasteiger partial charge in [0.05, 0.1) is 13.2 Å². The van der Waals surface area contributed by atoms with E-state index in [0.29, 0.717) is 17.2 Å². The fraction of sp³-hybridized carbons (Fsp3) is 0.513. The Morgan fingerprint density at radius 3 is 1.32 bits per heavy atom. The molecule has 44 heavy (non-hydrogen) atoms. The molecule has 0 amide bonds. The fourth-order valence-corrected chi connectivity index (χ4v) is 4.03. The van der Waals surface area contributed by atoms with Gasteiger partial charge in [0, 0.05) is 0 Å². The minimum absolute atomic E-state index is 0.174. The monoisotopic (exact) mass is 608 g/mol. The van der Waals surface area contributed by atoms with Gasteiger partial charge in [0.2, 0.25) is 0 Å². The highest BCUT2D eigenvalue weighted by Gasteiger charge is 2.17. The lowest BCUT2D eigenvalue weighted by atomic mass is 9.82. The van der Waals surface area contributed by atoms with Gasteiger partial charge < -0.3 is 24.9 Å². The highest BCUT2D eigenvalue weighted by molar-refractivity contribution is 5.31. The van der Waals surface area contributed by atoms with Gasteiger partial charge >= 0.3 is 0 Å². The summed E-state index contributed by atoms with van der Waals surface area (Å²) in [5.74, 6) is 1.03. The van der Waals surface area contributed by atoms with Gasteiger partial charge in [-0.1, -0.05) is 123 Å². The first-order valence-corrected chi connectivity index (χ1v) is 16.1. The smallest absolute Gasteiger partial charge is 0.115 e. The Hall–Kier alpha value is -3.31. The number of epoxide rings is 1. The summed E-state index contributed by atoms with van der Waals surface area (Å²) in [5.41, 5.74) is 4.26. The molecule has 3 aromatic rings. The van der Waals surface area contributed by atoms with Crippen LogP contribution < -0.4 is 0 Å². The van der Waals surface area contributed by atoms with Crippen molar-refractivity contribution >= 4 is 6.79 Å². The highest BCUT2D eigenvalue weighted by atomic mass is 16.6. The van der Waals surface area contributed by atoms with Crippen LogP contribution in [0.3, 0.4) is 0 Å². The number of benzene rings is 3. The van der Waals surface area contributed by atoms with Gasteiger partial charge in [-0.2, -0.15) is 0 Å². The molecule has 0 bridgehead atoms. The van der Waals surface area contributed by atoms with E-state index in [-0.39, 0.29) is 10.8 Å². The molecular formula is C39H60O5. The third kappa shape index (κ3) is 20.6. The Labute approximate surface area is 268 Å². The van der Waals surface area contributed by atoms with Gasteiger partial charge in [0.1, 0.15) is 24.0 Å². The molecule has 0 spiro atoms. The molecule has 1 aliphatic rings. The van der Waals surface area contributed by atoms with Crippen LogP contribution in [-0.2, 0) is 26.8 Å². The summed E-state index contributed by atoms with van der Waals surface area (Å²) in [6.07, 6.45) is 11.7. The van der Waals surface area contributed by atoms with Crippen molar-refractivity contribution in [2.24, 2.45) is 0 Å². The molecular weight excluding hydrogens is 548 g/mol. The number of unbranched alkanes of at least 4 members (excludes halogenated alkanes) is 6. The molecule has 1 saturated heterocycles. The number of phenols is 3. The zero-order valence-electron chi connectivity index (χ0n) is 28.6. The van der Waals surface area contributed by atoms with Crippen LogP contribution in [0.25, 0.3) is 0 Å². The van der Waals surface area contributed by atoms with Gasteiger partial charge in [-0.3, -0.25) is 0 Å². The maximum Gasteiger partial charge on any atom is 0.115 e. The number of aryl methyl sites for hydroxylation is 1. The van der Waals surface area contributed by atoms with Gasteiger partial charge in [-0.15, -0.1) is 0 Å². The first-order chi connectivity index (χ1) is 20.9. The van der Waals surface area contributed by atoms with E-state index in [0.717, 1.165) is 26.1 Å². The number of carbonyl (C=O) groups is 1. The zero-order valence-corrected chi connectivity index (χ0v) is 28.6. The van der Waals surface area contributed by atoms with Crippen LogP contribution in [0, 0.1) is 0 Å². The first-order valence-electron chi connectivity index (χ1n) is 16.1. The lowest BCUT2D eigenvalue weighted by Crippen LogP contribution is -2.14. The highest BCUT2D eigenvalue weighted by Crippen LogP contribution is 2.27. The van der Waals surface area contributed by atoms with Gasteiger partial charge in [0.25, 0.3) is 0 Å². The molecule has 1 aliphatic heterocycles. The van der Waals surface area contributed by atoms with Crippen LogP contribution >= 0.6 is 0 Å². The van der Waals surface area contributed by atoms with Crippen molar-refractivity contribution in [3.05, 3.63) is 89.5 Å². The summed E-state index contributed by atoms with van der Waals surface area (Å²) < 4.78 is 4.50. The number of hydrogen-bond acceptors (Lipinski definition) is 5. The molecule has 1 heterocycles. The first kappa shape index (κ1) is 40.7. The number of carbonyl (C=O) groups excluding carboxylic acids is 1. The molecule has 0 saturated carbocycles. The Morgan fingerprint density at radius 1 is 0.591 bits per heavy atom. The summed E-state index contributed by atoms with van der Waals surface area (Å²) in [6, 6.07) is 22.4. The van der Waals surface area contributed by atoms with E-state index in [4.69, 9.17) is 20.1 Å². The third-order valence-electron chi connectivity index (χ3n) is 7.48. The molecule has 3 aromatic carbocycles. The normalized spacial score (nSPS) is 11.6. The average Bonchev–Trinajstić information content (AvgIpc) is 3.90. The van der Waals surface area contributed by atoms with Crippen LogP contribution in [0.15, 0.2) is 72.8 Å². The van der Waals surface area contributed by atoms with Crippen LogP contribution in [-0.4, -0.2) is 35.3 Å². The third-order valence-corrected chi connectivity index (χ3v) is 7.48. The second kappa shape index (κ2) is 23.1. The predicted octanol–water partition coefficient (Wildman–Crippen LogP) is 10.3. The lowest BCUT2D eigenvalue weighted by molar-refractivity contribution is -0.0980. The Balaban J connectivity index is 0.000000592. The number of hydrogen-bond donors (Lipinski definition) is 3. The van der Waals surface area contributed by atoms with Crippen LogP contribution in [0.4, 0.5) is 0 Å². The van der Waals surface area contributed by atoms with Crippen LogP contribution in [0.2, 0.25) is 0 Å². The summed E-state index contributed by atoms with van der Waals surface area (Å²) in [6.45, 7) is 19.3. The van der Waals surface area contributed by atoms with E-state index in [1.807, 2.05) is 43.2 Å². The Bertz CT molecular complexity index is 1080. The Kier molecular flexibility index (Phi) is 21.4. The van der Waals surface area contributed by atoms with Gasteiger partial charge in [-0.25, -0.2) is 0 Å². The lowest BCUT2D eigenvalue weighted by Gasteiger charge is -2.22. The quantitative estimate of drug-likeness (QED) is 0.157. The van der Waals surface area contributed by atoms with E-state index in [1.165, 1.54) is 61.6 Å². The maximum absolute atomic E-state index is 9.15. The molecule has 5 nitrogen and oxygen atoms in total. The topological polar surface area (TPSA) is 90.3 Å². The zero-order chi connectivity index (χ0) is 33.4. The molecule has 5 heteroatoms. The van der Waals surface area contributed by atoms with Crippen molar-refractivity contribution in [3.8, 4) is 17.2 Å². The summed E-state index contributed by atoms with van der Waals surface area (Å²) in [5, 5.41) is 27.3. The van der Waals surface area contributed by atoms with E-state index >= 15 is 0 Å². The second-order valence-electron chi connectivity index (χ2n) is 12.7. The predicted molar refractivity (Wildman–Crippen MR) is 186 cm³/mol. The molecule has 0 aromatic heterocycles. The van der Waals surface area contributed by atoms with E-state index < -0.39 is 0 Å². The molecule has 3 N–H and O–H groups in total. The fourth-order valence-electron chi connectivity index (χ4n) is 4.03. The van der Waals surface area contributed by atoms with Gasteiger partial charge in [0.15, 0.2) is 0 Å².